The molecule has 1 aliphatic heterocycles. The van der Waals surface area contributed by atoms with Crippen molar-refractivity contribution in [2.45, 2.75) is 25.8 Å². The van der Waals surface area contributed by atoms with Crippen LogP contribution in [0, 0.1) is 5.92 Å². The number of rotatable bonds is 4. The minimum Gasteiger partial charge on any atom is -0.359 e. The van der Waals surface area contributed by atoms with Gasteiger partial charge in [0, 0.05) is 44.6 Å². The summed E-state index contributed by atoms with van der Waals surface area (Å²) in [7, 11) is 3.52. The van der Waals surface area contributed by atoms with Gasteiger partial charge in [-0.05, 0) is 36.5 Å². The van der Waals surface area contributed by atoms with E-state index in [2.05, 4.69) is 48.6 Å². The van der Waals surface area contributed by atoms with E-state index in [1.54, 1.807) is 7.05 Å². The molecule has 2 N–H and O–H groups in total. The highest BCUT2D eigenvalue weighted by atomic mass is 127. The lowest BCUT2D eigenvalue weighted by atomic mass is 9.93. The number of guanidine groups is 1. The summed E-state index contributed by atoms with van der Waals surface area (Å²) in [5.74, 6) is 1.56. The SMILES string of the molecule is CN=C(NCc1ccc(Br)cc1)N1CCC(CC(=O)NC)CC1.I. The first-order chi connectivity index (χ1) is 11.1. The van der Waals surface area contributed by atoms with Crippen molar-refractivity contribution in [1.82, 2.24) is 15.5 Å². The molecule has 0 aromatic heterocycles. The third kappa shape index (κ3) is 6.58. The van der Waals surface area contributed by atoms with Crippen LogP contribution in [0.15, 0.2) is 33.7 Å². The molecule has 0 bridgehead atoms. The fourth-order valence-electron chi connectivity index (χ4n) is 2.83. The van der Waals surface area contributed by atoms with Gasteiger partial charge in [0.05, 0.1) is 0 Å². The predicted octanol–water partition coefficient (Wildman–Crippen LogP) is 2.99. The molecule has 2 rings (SSSR count). The number of carbonyl (C=O) groups is 1. The third-order valence-corrected chi connectivity index (χ3v) is 4.77. The van der Waals surface area contributed by atoms with Crippen LogP contribution in [0.1, 0.15) is 24.8 Å². The predicted molar refractivity (Wildman–Crippen MR) is 113 cm³/mol. The van der Waals surface area contributed by atoms with Crippen LogP contribution in [0.3, 0.4) is 0 Å². The number of halogens is 2. The van der Waals surface area contributed by atoms with E-state index in [9.17, 15) is 4.79 Å². The van der Waals surface area contributed by atoms with Crippen LogP contribution in [-0.2, 0) is 11.3 Å². The van der Waals surface area contributed by atoms with Gasteiger partial charge in [0.1, 0.15) is 0 Å². The van der Waals surface area contributed by atoms with Crippen LogP contribution in [0.4, 0.5) is 0 Å². The van der Waals surface area contributed by atoms with Gasteiger partial charge in [0.2, 0.25) is 5.91 Å². The topological polar surface area (TPSA) is 56.7 Å². The highest BCUT2D eigenvalue weighted by molar-refractivity contribution is 14.0. The van der Waals surface area contributed by atoms with E-state index in [1.165, 1.54) is 5.56 Å². The number of nitrogens with zero attached hydrogens (tertiary/aromatic N) is 2. The Morgan fingerprint density at radius 2 is 1.92 bits per heavy atom. The highest BCUT2D eigenvalue weighted by Gasteiger charge is 2.22. The van der Waals surface area contributed by atoms with Gasteiger partial charge in [-0.15, -0.1) is 24.0 Å². The van der Waals surface area contributed by atoms with Crippen LogP contribution in [0.25, 0.3) is 0 Å². The Hall–Kier alpha value is -0.830. The molecule has 1 saturated heterocycles. The molecule has 1 aliphatic rings. The van der Waals surface area contributed by atoms with E-state index in [0.29, 0.717) is 12.3 Å². The summed E-state index contributed by atoms with van der Waals surface area (Å²) in [5, 5.41) is 6.13. The van der Waals surface area contributed by atoms with Crippen molar-refractivity contribution in [1.29, 1.82) is 0 Å². The number of aliphatic imine (C=N–C) groups is 1. The number of likely N-dealkylation sites (tertiary alicyclic amines) is 1. The molecule has 0 unspecified atom stereocenters. The Kier molecular flexibility index (Phi) is 9.65. The molecule has 0 saturated carbocycles. The van der Waals surface area contributed by atoms with Gasteiger partial charge in [0.15, 0.2) is 5.96 Å². The fraction of sp³-hybridized carbons (Fsp3) is 0.529. The summed E-state index contributed by atoms with van der Waals surface area (Å²) < 4.78 is 1.09. The normalized spacial score (nSPS) is 15.6. The molecule has 7 heteroatoms. The number of piperidine rings is 1. The Morgan fingerprint density at radius 3 is 2.46 bits per heavy atom. The quantitative estimate of drug-likeness (QED) is 0.373. The Labute approximate surface area is 169 Å². The summed E-state index contributed by atoms with van der Waals surface area (Å²) in [6.07, 6.45) is 2.70. The second kappa shape index (κ2) is 10.9. The maximum atomic E-state index is 11.5. The van der Waals surface area contributed by atoms with E-state index in [0.717, 1.165) is 42.9 Å². The molecule has 24 heavy (non-hydrogen) atoms. The summed E-state index contributed by atoms with van der Waals surface area (Å²) in [5.41, 5.74) is 1.23. The lowest BCUT2D eigenvalue weighted by molar-refractivity contribution is -0.121. The fourth-order valence-corrected chi connectivity index (χ4v) is 3.09. The van der Waals surface area contributed by atoms with E-state index in [-0.39, 0.29) is 29.9 Å². The minimum atomic E-state index is 0. The molecule has 134 valence electrons. The first-order valence-electron chi connectivity index (χ1n) is 8.03. The molecule has 1 aromatic carbocycles. The van der Waals surface area contributed by atoms with Gasteiger partial charge < -0.3 is 15.5 Å². The zero-order valence-electron chi connectivity index (χ0n) is 14.2. The molecule has 0 spiro atoms. The number of hydrogen-bond acceptors (Lipinski definition) is 2. The summed E-state index contributed by atoms with van der Waals surface area (Å²) in [4.78, 5) is 18.1. The minimum absolute atomic E-state index is 0. The highest BCUT2D eigenvalue weighted by Crippen LogP contribution is 2.20. The van der Waals surface area contributed by atoms with Crippen LogP contribution in [0.5, 0.6) is 0 Å². The van der Waals surface area contributed by atoms with Crippen molar-refractivity contribution in [3.8, 4) is 0 Å². The van der Waals surface area contributed by atoms with Crippen molar-refractivity contribution in [3.63, 3.8) is 0 Å². The van der Waals surface area contributed by atoms with Gasteiger partial charge in [-0.25, -0.2) is 0 Å². The molecular formula is C17H26BrIN4O. The number of nitrogens with one attached hydrogen (secondary N) is 2. The van der Waals surface area contributed by atoms with E-state index in [4.69, 9.17) is 0 Å². The van der Waals surface area contributed by atoms with E-state index < -0.39 is 0 Å². The molecular weight excluding hydrogens is 483 g/mol. The summed E-state index contributed by atoms with van der Waals surface area (Å²) in [6.45, 7) is 2.65. The zero-order chi connectivity index (χ0) is 16.7. The van der Waals surface area contributed by atoms with Crippen molar-refractivity contribution in [3.05, 3.63) is 34.3 Å². The van der Waals surface area contributed by atoms with Crippen LogP contribution < -0.4 is 10.6 Å². The zero-order valence-corrected chi connectivity index (χ0v) is 18.1. The molecule has 0 aliphatic carbocycles. The monoisotopic (exact) mass is 508 g/mol. The Morgan fingerprint density at radius 1 is 1.29 bits per heavy atom. The van der Waals surface area contributed by atoms with Gasteiger partial charge in [-0.3, -0.25) is 9.79 Å². The summed E-state index contributed by atoms with van der Waals surface area (Å²) >= 11 is 3.45. The van der Waals surface area contributed by atoms with Crippen molar-refractivity contribution >= 4 is 51.8 Å². The number of hydrogen-bond donors (Lipinski definition) is 2. The van der Waals surface area contributed by atoms with Crippen LogP contribution in [0.2, 0.25) is 0 Å². The molecule has 1 heterocycles. The molecule has 5 nitrogen and oxygen atoms in total. The Bertz CT molecular complexity index is 542. The van der Waals surface area contributed by atoms with Crippen LogP contribution >= 0.6 is 39.9 Å². The lowest BCUT2D eigenvalue weighted by Crippen LogP contribution is -2.45. The maximum absolute atomic E-state index is 11.5. The molecule has 1 aromatic rings. The smallest absolute Gasteiger partial charge is 0.220 e. The number of benzene rings is 1. The molecule has 0 atom stereocenters. The average Bonchev–Trinajstić information content (AvgIpc) is 2.58. The second-order valence-electron chi connectivity index (χ2n) is 5.83. The number of amides is 1. The Balaban J connectivity index is 0.00000288. The summed E-state index contributed by atoms with van der Waals surface area (Å²) in [6, 6.07) is 8.29. The lowest BCUT2D eigenvalue weighted by Gasteiger charge is -2.34. The third-order valence-electron chi connectivity index (χ3n) is 4.24. The van der Waals surface area contributed by atoms with Crippen molar-refractivity contribution in [2.75, 3.05) is 27.2 Å². The first kappa shape index (κ1) is 21.2. The van der Waals surface area contributed by atoms with Crippen molar-refractivity contribution < 1.29 is 4.79 Å². The molecule has 1 fully saturated rings. The largest absolute Gasteiger partial charge is 0.359 e. The average molecular weight is 509 g/mol. The standard InChI is InChI=1S/C17H25BrN4O.HI/c1-19-16(23)11-13-7-9-22(10-8-13)17(20-2)21-12-14-3-5-15(18)6-4-14;/h3-6,13H,7-12H2,1-2H3,(H,19,23)(H,20,21);1H. The molecule has 0 radical (unpaired) electrons. The van der Waals surface area contributed by atoms with Gasteiger partial charge >= 0.3 is 0 Å². The second-order valence-corrected chi connectivity index (χ2v) is 6.75. The van der Waals surface area contributed by atoms with Crippen molar-refractivity contribution in [2.24, 2.45) is 10.9 Å². The van der Waals surface area contributed by atoms with Gasteiger partial charge in [-0.2, -0.15) is 0 Å². The van der Waals surface area contributed by atoms with Gasteiger partial charge in [0.25, 0.3) is 0 Å². The van der Waals surface area contributed by atoms with E-state index in [1.807, 2.05) is 19.2 Å². The molecule has 1 amide bonds. The maximum Gasteiger partial charge on any atom is 0.220 e. The number of carbonyl (C=O) groups excluding carboxylic acids is 1. The van der Waals surface area contributed by atoms with Crippen LogP contribution in [-0.4, -0.2) is 44.0 Å². The van der Waals surface area contributed by atoms with E-state index >= 15 is 0 Å². The van der Waals surface area contributed by atoms with Gasteiger partial charge in [-0.1, -0.05) is 28.1 Å². The first-order valence-corrected chi connectivity index (χ1v) is 8.82.